The first-order valence-corrected chi connectivity index (χ1v) is 6.86. The third kappa shape index (κ3) is 5.55. The van der Waals surface area contributed by atoms with Crippen molar-refractivity contribution in [2.45, 2.75) is 44.6 Å². The van der Waals surface area contributed by atoms with Gasteiger partial charge in [0.05, 0.1) is 0 Å². The van der Waals surface area contributed by atoms with E-state index in [1.165, 1.54) is 12.8 Å². The SMILES string of the molecule is Cl.NC1CCC(C(=O)NCCCOCC2CC2)C1. The number of nitrogens with two attached hydrogens (primary N) is 1. The first-order chi connectivity index (χ1) is 8.25. The Balaban J connectivity index is 0.00000162. The van der Waals surface area contributed by atoms with Gasteiger partial charge in [-0.2, -0.15) is 0 Å². The van der Waals surface area contributed by atoms with Gasteiger partial charge in [0.25, 0.3) is 0 Å². The first-order valence-electron chi connectivity index (χ1n) is 6.86. The molecule has 2 atom stereocenters. The smallest absolute Gasteiger partial charge is 0.223 e. The molecule has 0 aliphatic heterocycles. The summed E-state index contributed by atoms with van der Waals surface area (Å²) in [6.07, 6.45) is 6.37. The van der Waals surface area contributed by atoms with E-state index < -0.39 is 0 Å². The van der Waals surface area contributed by atoms with E-state index in [2.05, 4.69) is 5.32 Å². The summed E-state index contributed by atoms with van der Waals surface area (Å²) in [4.78, 5) is 11.7. The molecule has 0 saturated heterocycles. The van der Waals surface area contributed by atoms with Crippen LogP contribution >= 0.6 is 12.4 Å². The number of carbonyl (C=O) groups is 1. The largest absolute Gasteiger partial charge is 0.381 e. The van der Waals surface area contributed by atoms with E-state index in [9.17, 15) is 4.79 Å². The maximum atomic E-state index is 11.7. The number of hydrogen-bond acceptors (Lipinski definition) is 3. The minimum atomic E-state index is 0. The molecule has 2 aliphatic carbocycles. The first kappa shape index (κ1) is 15.7. The van der Waals surface area contributed by atoms with Crippen LogP contribution in [0.1, 0.15) is 38.5 Å². The van der Waals surface area contributed by atoms with Gasteiger partial charge in [-0.05, 0) is 44.4 Å². The minimum absolute atomic E-state index is 0. The topological polar surface area (TPSA) is 64.4 Å². The van der Waals surface area contributed by atoms with Crippen molar-refractivity contribution in [1.29, 1.82) is 0 Å². The predicted molar refractivity (Wildman–Crippen MR) is 73.7 cm³/mol. The van der Waals surface area contributed by atoms with Crippen molar-refractivity contribution in [3.8, 4) is 0 Å². The summed E-state index contributed by atoms with van der Waals surface area (Å²) < 4.78 is 5.51. The molecule has 0 bridgehead atoms. The standard InChI is InChI=1S/C13H24N2O2.ClH/c14-12-5-4-11(8-12)13(16)15-6-1-7-17-9-10-2-3-10;/h10-12H,1-9,14H2,(H,15,16);1H. The van der Waals surface area contributed by atoms with Crippen molar-refractivity contribution in [3.63, 3.8) is 0 Å². The predicted octanol–water partition coefficient (Wildman–Crippen LogP) is 1.47. The average Bonchev–Trinajstić information content (AvgIpc) is 3.04. The Labute approximate surface area is 115 Å². The number of ether oxygens (including phenoxy) is 1. The molecule has 4 nitrogen and oxygen atoms in total. The van der Waals surface area contributed by atoms with Gasteiger partial charge in [-0.3, -0.25) is 4.79 Å². The molecule has 0 heterocycles. The summed E-state index contributed by atoms with van der Waals surface area (Å²) in [5.74, 6) is 1.15. The van der Waals surface area contributed by atoms with Crippen LogP contribution in [0.15, 0.2) is 0 Å². The van der Waals surface area contributed by atoms with Gasteiger partial charge >= 0.3 is 0 Å². The fourth-order valence-corrected chi connectivity index (χ4v) is 2.32. The Hall–Kier alpha value is -0.320. The molecular weight excluding hydrogens is 252 g/mol. The van der Waals surface area contributed by atoms with Crippen LogP contribution in [0.2, 0.25) is 0 Å². The molecule has 0 spiro atoms. The molecule has 0 aromatic rings. The highest BCUT2D eigenvalue weighted by molar-refractivity contribution is 5.85. The highest BCUT2D eigenvalue weighted by Gasteiger charge is 2.27. The van der Waals surface area contributed by atoms with Crippen LogP contribution in [0.25, 0.3) is 0 Å². The maximum Gasteiger partial charge on any atom is 0.223 e. The van der Waals surface area contributed by atoms with Crippen LogP contribution < -0.4 is 11.1 Å². The number of rotatable bonds is 7. The van der Waals surface area contributed by atoms with Gasteiger partial charge in [-0.15, -0.1) is 12.4 Å². The van der Waals surface area contributed by atoms with Crippen LogP contribution in [-0.2, 0) is 9.53 Å². The second kappa shape index (κ2) is 7.97. The summed E-state index contributed by atoms with van der Waals surface area (Å²) in [5.41, 5.74) is 5.79. The zero-order valence-electron chi connectivity index (χ0n) is 10.9. The van der Waals surface area contributed by atoms with Crippen LogP contribution in [-0.4, -0.2) is 31.7 Å². The number of hydrogen-bond donors (Lipinski definition) is 2. The van der Waals surface area contributed by atoms with E-state index in [1.807, 2.05) is 0 Å². The van der Waals surface area contributed by atoms with Crippen molar-refractivity contribution in [3.05, 3.63) is 0 Å². The number of amides is 1. The van der Waals surface area contributed by atoms with Gasteiger partial charge in [0.1, 0.15) is 0 Å². The molecule has 2 fully saturated rings. The molecular formula is C13H25ClN2O2. The zero-order chi connectivity index (χ0) is 12.1. The van der Waals surface area contributed by atoms with Crippen LogP contribution in [0, 0.1) is 11.8 Å². The normalized spacial score (nSPS) is 26.7. The van der Waals surface area contributed by atoms with Gasteiger partial charge in [-0.25, -0.2) is 0 Å². The Kier molecular flexibility index (Phi) is 6.97. The third-order valence-electron chi connectivity index (χ3n) is 3.66. The van der Waals surface area contributed by atoms with Crippen molar-refractivity contribution in [2.24, 2.45) is 17.6 Å². The third-order valence-corrected chi connectivity index (χ3v) is 3.66. The lowest BCUT2D eigenvalue weighted by molar-refractivity contribution is -0.124. The molecule has 2 unspecified atom stereocenters. The highest BCUT2D eigenvalue weighted by Crippen LogP contribution is 2.28. The van der Waals surface area contributed by atoms with Crippen molar-refractivity contribution >= 4 is 18.3 Å². The van der Waals surface area contributed by atoms with E-state index in [4.69, 9.17) is 10.5 Å². The molecule has 0 aromatic heterocycles. The van der Waals surface area contributed by atoms with Gasteiger partial charge in [0.15, 0.2) is 0 Å². The van der Waals surface area contributed by atoms with E-state index in [1.54, 1.807) is 0 Å². The van der Waals surface area contributed by atoms with E-state index in [-0.39, 0.29) is 30.3 Å². The Morgan fingerprint density at radius 1 is 1.28 bits per heavy atom. The molecule has 2 aliphatic rings. The lowest BCUT2D eigenvalue weighted by Crippen LogP contribution is -2.31. The Morgan fingerprint density at radius 3 is 2.67 bits per heavy atom. The number of nitrogens with one attached hydrogen (secondary N) is 1. The lowest BCUT2D eigenvalue weighted by atomic mass is 10.1. The van der Waals surface area contributed by atoms with Crippen LogP contribution in [0.5, 0.6) is 0 Å². The fourth-order valence-electron chi connectivity index (χ4n) is 2.32. The fraction of sp³-hybridized carbons (Fsp3) is 0.923. The molecule has 0 aromatic carbocycles. The molecule has 1 amide bonds. The van der Waals surface area contributed by atoms with Crippen molar-refractivity contribution in [1.82, 2.24) is 5.32 Å². The van der Waals surface area contributed by atoms with E-state index in [0.29, 0.717) is 0 Å². The van der Waals surface area contributed by atoms with Gasteiger partial charge < -0.3 is 15.8 Å². The van der Waals surface area contributed by atoms with Gasteiger partial charge in [0.2, 0.25) is 5.91 Å². The Bertz CT molecular complexity index is 259. The van der Waals surface area contributed by atoms with Crippen molar-refractivity contribution in [2.75, 3.05) is 19.8 Å². The average molecular weight is 277 g/mol. The second-order valence-electron chi connectivity index (χ2n) is 5.43. The molecule has 106 valence electrons. The van der Waals surface area contributed by atoms with E-state index in [0.717, 1.165) is 51.4 Å². The Morgan fingerprint density at radius 2 is 2.06 bits per heavy atom. The molecule has 18 heavy (non-hydrogen) atoms. The zero-order valence-corrected chi connectivity index (χ0v) is 11.7. The van der Waals surface area contributed by atoms with Crippen LogP contribution in [0.3, 0.4) is 0 Å². The highest BCUT2D eigenvalue weighted by atomic mass is 35.5. The van der Waals surface area contributed by atoms with Crippen LogP contribution in [0.4, 0.5) is 0 Å². The molecule has 0 radical (unpaired) electrons. The number of carbonyl (C=O) groups excluding carboxylic acids is 1. The maximum absolute atomic E-state index is 11.7. The van der Waals surface area contributed by atoms with Crippen molar-refractivity contribution < 1.29 is 9.53 Å². The van der Waals surface area contributed by atoms with Gasteiger partial charge in [0, 0.05) is 31.7 Å². The summed E-state index contributed by atoms with van der Waals surface area (Å²) in [5, 5.41) is 2.97. The molecule has 2 rings (SSSR count). The van der Waals surface area contributed by atoms with Gasteiger partial charge in [-0.1, -0.05) is 0 Å². The molecule has 3 N–H and O–H groups in total. The second-order valence-corrected chi connectivity index (χ2v) is 5.43. The lowest BCUT2D eigenvalue weighted by Gasteiger charge is -2.10. The summed E-state index contributed by atoms with van der Waals surface area (Å²) >= 11 is 0. The molecule has 2 saturated carbocycles. The molecule has 5 heteroatoms. The minimum Gasteiger partial charge on any atom is -0.381 e. The summed E-state index contributed by atoms with van der Waals surface area (Å²) in [6, 6.07) is 0.229. The summed E-state index contributed by atoms with van der Waals surface area (Å²) in [7, 11) is 0. The summed E-state index contributed by atoms with van der Waals surface area (Å²) in [6.45, 7) is 2.40. The quantitative estimate of drug-likeness (QED) is 0.692. The monoisotopic (exact) mass is 276 g/mol. The number of halogens is 1. The van der Waals surface area contributed by atoms with E-state index >= 15 is 0 Å².